The van der Waals surface area contributed by atoms with Crippen molar-refractivity contribution in [2.24, 2.45) is 0 Å². The third-order valence-corrected chi connectivity index (χ3v) is 10.4. The first-order valence-corrected chi connectivity index (χ1v) is 17.7. The highest BCUT2D eigenvalue weighted by atomic mass is 16.3. The molecular formula is C46H34N4O. The highest BCUT2D eigenvalue weighted by Gasteiger charge is 2.27. The van der Waals surface area contributed by atoms with Gasteiger partial charge in [-0.15, -0.1) is 0 Å². The Morgan fingerprint density at radius 2 is 1.33 bits per heavy atom. The summed E-state index contributed by atoms with van der Waals surface area (Å²) in [5.74, 6) is 3.28. The largest absolute Gasteiger partial charge is 0.460 e. The van der Waals surface area contributed by atoms with E-state index in [1.165, 1.54) is 22.1 Å². The van der Waals surface area contributed by atoms with Crippen LogP contribution in [0.5, 0.6) is 0 Å². The van der Waals surface area contributed by atoms with Crippen molar-refractivity contribution in [3.63, 3.8) is 0 Å². The van der Waals surface area contributed by atoms with Crippen LogP contribution < -0.4 is 0 Å². The third-order valence-electron chi connectivity index (χ3n) is 10.4. The van der Waals surface area contributed by atoms with Gasteiger partial charge < -0.3 is 4.42 Å². The van der Waals surface area contributed by atoms with E-state index in [0.29, 0.717) is 23.5 Å². The predicted molar refractivity (Wildman–Crippen MR) is 208 cm³/mol. The van der Waals surface area contributed by atoms with E-state index in [0.717, 1.165) is 74.7 Å². The molecule has 0 bridgehead atoms. The van der Waals surface area contributed by atoms with Crippen LogP contribution in [0.4, 0.5) is 0 Å². The normalized spacial score (nSPS) is 15.7. The van der Waals surface area contributed by atoms with Gasteiger partial charge in [-0.25, -0.2) is 4.98 Å². The molecule has 5 heteroatoms. The Balaban J connectivity index is 1.11. The molecule has 8 aromatic rings. The minimum absolute atomic E-state index is 0.342. The second kappa shape index (κ2) is 11.9. The topological polar surface area (TPSA) is 56.7 Å². The molecular weight excluding hydrogens is 625 g/mol. The zero-order valence-electron chi connectivity index (χ0n) is 28.3. The molecule has 5 aromatic carbocycles. The summed E-state index contributed by atoms with van der Waals surface area (Å²) in [6.07, 6.45) is 12.3. The van der Waals surface area contributed by atoms with Crippen LogP contribution in [0.25, 0.3) is 78.2 Å². The molecule has 0 fully saturated rings. The number of rotatable bonds is 5. The van der Waals surface area contributed by atoms with Crippen molar-refractivity contribution in [2.45, 2.75) is 32.1 Å². The van der Waals surface area contributed by atoms with E-state index in [-0.39, 0.29) is 0 Å². The number of allylic oxidation sites excluding steroid dienone is 6. The first-order valence-electron chi connectivity index (χ1n) is 17.7. The van der Waals surface area contributed by atoms with Gasteiger partial charge in [0.25, 0.3) is 0 Å². The summed E-state index contributed by atoms with van der Waals surface area (Å²) in [5.41, 5.74) is 11.1. The van der Waals surface area contributed by atoms with Gasteiger partial charge in [0.05, 0.1) is 11.0 Å². The standard InChI is InChI=1S/C46H34N4O/c1-29-23-25-35(30-13-4-2-5-14-30)42-38-26-24-33(28-41(38)51-43(29)42)32-17-12-18-34(27-32)45-47-44(31-15-6-3-7-16-31)48-46(49-45)50-39-21-10-8-19-36(39)37-20-9-11-22-40(37)50/h2-4,6-13,15-22,24-29H,5,14,23H2,1H3. The van der Waals surface area contributed by atoms with Crippen molar-refractivity contribution in [3.05, 3.63) is 163 Å². The van der Waals surface area contributed by atoms with Crippen LogP contribution in [0.15, 0.2) is 156 Å². The molecule has 0 saturated carbocycles. The summed E-state index contributed by atoms with van der Waals surface area (Å²) in [7, 11) is 0. The zero-order chi connectivity index (χ0) is 33.9. The van der Waals surface area contributed by atoms with Crippen molar-refractivity contribution in [1.82, 2.24) is 19.5 Å². The molecule has 51 heavy (non-hydrogen) atoms. The lowest BCUT2D eigenvalue weighted by Crippen LogP contribution is -2.06. The molecule has 0 spiro atoms. The lowest BCUT2D eigenvalue weighted by Gasteiger charge is -2.21. The first-order chi connectivity index (χ1) is 25.2. The average molecular weight is 659 g/mol. The molecule has 2 aliphatic carbocycles. The van der Waals surface area contributed by atoms with E-state index in [2.05, 4.69) is 127 Å². The summed E-state index contributed by atoms with van der Waals surface area (Å²) >= 11 is 0. The van der Waals surface area contributed by atoms with Crippen molar-refractivity contribution in [2.75, 3.05) is 0 Å². The fourth-order valence-corrected chi connectivity index (χ4v) is 7.83. The zero-order valence-corrected chi connectivity index (χ0v) is 28.3. The number of nitrogens with zero attached hydrogens (tertiary/aromatic N) is 4. The molecule has 3 heterocycles. The number of aromatic nitrogens is 4. The molecule has 0 amide bonds. The molecule has 0 N–H and O–H groups in total. The van der Waals surface area contributed by atoms with Crippen LogP contribution in [0.3, 0.4) is 0 Å². The average Bonchev–Trinajstić information content (AvgIpc) is 3.75. The monoisotopic (exact) mass is 658 g/mol. The molecule has 10 rings (SSSR count). The van der Waals surface area contributed by atoms with E-state index >= 15 is 0 Å². The van der Waals surface area contributed by atoms with Crippen molar-refractivity contribution in [3.8, 4) is 39.9 Å². The fourth-order valence-electron chi connectivity index (χ4n) is 7.83. The van der Waals surface area contributed by atoms with Gasteiger partial charge in [-0.1, -0.05) is 122 Å². The van der Waals surface area contributed by atoms with E-state index in [1.807, 2.05) is 30.3 Å². The second-order valence-electron chi connectivity index (χ2n) is 13.6. The van der Waals surface area contributed by atoms with E-state index in [4.69, 9.17) is 19.4 Å². The van der Waals surface area contributed by atoms with E-state index in [9.17, 15) is 0 Å². The summed E-state index contributed by atoms with van der Waals surface area (Å²) < 4.78 is 8.83. The Labute approximate surface area is 296 Å². The summed E-state index contributed by atoms with van der Waals surface area (Å²) in [6, 6.07) is 42.2. The third kappa shape index (κ3) is 4.96. The highest BCUT2D eigenvalue weighted by molar-refractivity contribution is 6.09. The van der Waals surface area contributed by atoms with Gasteiger partial charge in [0.2, 0.25) is 5.95 Å². The number of hydrogen-bond acceptors (Lipinski definition) is 4. The second-order valence-corrected chi connectivity index (χ2v) is 13.6. The highest BCUT2D eigenvalue weighted by Crippen LogP contribution is 2.46. The molecule has 1 unspecified atom stereocenters. The van der Waals surface area contributed by atoms with Crippen LogP contribution in [0.1, 0.15) is 43.4 Å². The molecule has 2 aliphatic rings. The van der Waals surface area contributed by atoms with Gasteiger partial charge in [-0.2, -0.15) is 9.97 Å². The fraction of sp³-hybridized carbons (Fsp3) is 0.109. The molecule has 3 aromatic heterocycles. The summed E-state index contributed by atoms with van der Waals surface area (Å²) in [4.78, 5) is 15.3. The van der Waals surface area contributed by atoms with Gasteiger partial charge in [0, 0.05) is 38.8 Å². The van der Waals surface area contributed by atoms with Gasteiger partial charge in [-0.05, 0) is 71.9 Å². The Hall–Kier alpha value is -6.33. The van der Waals surface area contributed by atoms with Crippen molar-refractivity contribution < 1.29 is 4.42 Å². The van der Waals surface area contributed by atoms with Crippen LogP contribution in [0.2, 0.25) is 0 Å². The lowest BCUT2D eigenvalue weighted by molar-refractivity contribution is 0.503. The quantitative estimate of drug-likeness (QED) is 0.185. The molecule has 0 aliphatic heterocycles. The SMILES string of the molecule is CC1CC=C(C2=CC=CCC2)c2c1oc1cc(-c3cccc(-c4nc(-c5ccccc5)nc(-n5c6ccccc6c6ccccc65)n4)c3)ccc21. The van der Waals surface area contributed by atoms with E-state index in [1.54, 1.807) is 0 Å². The maximum atomic E-state index is 6.67. The van der Waals surface area contributed by atoms with Crippen LogP contribution in [0, 0.1) is 0 Å². The van der Waals surface area contributed by atoms with Gasteiger partial charge >= 0.3 is 0 Å². The number of benzene rings is 5. The Kier molecular flexibility index (Phi) is 6.91. The summed E-state index contributed by atoms with van der Waals surface area (Å²) in [6.45, 7) is 2.26. The van der Waals surface area contributed by atoms with Gasteiger partial charge in [0.1, 0.15) is 11.3 Å². The lowest BCUT2D eigenvalue weighted by atomic mass is 9.82. The van der Waals surface area contributed by atoms with Crippen molar-refractivity contribution in [1.29, 1.82) is 0 Å². The van der Waals surface area contributed by atoms with E-state index < -0.39 is 0 Å². The molecule has 244 valence electrons. The number of para-hydroxylation sites is 2. The molecule has 1 atom stereocenters. The van der Waals surface area contributed by atoms with Crippen molar-refractivity contribution >= 4 is 38.3 Å². The Bertz CT molecular complexity index is 2690. The maximum Gasteiger partial charge on any atom is 0.238 e. The predicted octanol–water partition coefficient (Wildman–Crippen LogP) is 11.9. The van der Waals surface area contributed by atoms with Gasteiger partial charge in [0.15, 0.2) is 11.6 Å². The number of hydrogen-bond donors (Lipinski definition) is 0. The molecule has 5 nitrogen and oxygen atoms in total. The Morgan fingerprint density at radius 3 is 2.10 bits per heavy atom. The van der Waals surface area contributed by atoms with Crippen LogP contribution in [-0.2, 0) is 0 Å². The van der Waals surface area contributed by atoms with Gasteiger partial charge in [-0.3, -0.25) is 4.57 Å². The minimum Gasteiger partial charge on any atom is -0.460 e. The number of fused-ring (bicyclic) bond motifs is 6. The minimum atomic E-state index is 0.342. The number of furan rings is 1. The van der Waals surface area contributed by atoms with Crippen LogP contribution >= 0.6 is 0 Å². The maximum absolute atomic E-state index is 6.67. The smallest absolute Gasteiger partial charge is 0.238 e. The van der Waals surface area contributed by atoms with Crippen LogP contribution in [-0.4, -0.2) is 19.5 Å². The molecule has 0 radical (unpaired) electrons. The first kappa shape index (κ1) is 29.6. The Morgan fingerprint density at radius 1 is 0.647 bits per heavy atom. The summed E-state index contributed by atoms with van der Waals surface area (Å²) in [5, 5.41) is 3.51. The molecule has 0 saturated heterocycles.